The van der Waals surface area contributed by atoms with Crippen molar-refractivity contribution < 1.29 is 19.4 Å². The van der Waals surface area contributed by atoms with Gasteiger partial charge in [0, 0.05) is 16.3 Å². The standard InChI is InChI=1S/C16H16Cl2N2O4S/c1-9-13(8-15(22)23)25-16(19-9)20-14(21)3-2-6-24-12-5-4-10(17)7-11(12)18/h4-5,7H,2-3,6,8H2,1H3,(H,22,23)(H,19,20,21). The van der Waals surface area contributed by atoms with E-state index in [1.54, 1.807) is 25.1 Å². The second-order valence-electron chi connectivity index (χ2n) is 5.17. The Bertz CT molecular complexity index is 779. The summed E-state index contributed by atoms with van der Waals surface area (Å²) in [5, 5.41) is 12.8. The molecule has 9 heteroatoms. The van der Waals surface area contributed by atoms with E-state index in [1.165, 1.54) is 11.3 Å². The molecule has 1 aromatic carbocycles. The van der Waals surface area contributed by atoms with Gasteiger partial charge in [-0.2, -0.15) is 0 Å². The molecule has 0 saturated heterocycles. The van der Waals surface area contributed by atoms with E-state index >= 15 is 0 Å². The molecule has 134 valence electrons. The van der Waals surface area contributed by atoms with E-state index in [2.05, 4.69) is 10.3 Å². The third-order valence-corrected chi connectivity index (χ3v) is 4.75. The lowest BCUT2D eigenvalue weighted by Crippen LogP contribution is -2.12. The van der Waals surface area contributed by atoms with E-state index < -0.39 is 5.97 Å². The van der Waals surface area contributed by atoms with Crippen LogP contribution in [-0.4, -0.2) is 28.6 Å². The van der Waals surface area contributed by atoms with Gasteiger partial charge in [-0.3, -0.25) is 9.59 Å². The number of carbonyl (C=O) groups is 2. The molecular weight excluding hydrogens is 387 g/mol. The van der Waals surface area contributed by atoms with E-state index in [0.717, 1.165) is 0 Å². The van der Waals surface area contributed by atoms with Crippen LogP contribution in [0.1, 0.15) is 23.4 Å². The number of nitrogens with zero attached hydrogens (tertiary/aromatic N) is 1. The predicted molar refractivity (Wildman–Crippen MR) is 98.0 cm³/mol. The number of carboxylic acid groups (broad SMARTS) is 1. The van der Waals surface area contributed by atoms with Crippen LogP contribution in [-0.2, 0) is 16.0 Å². The molecule has 0 bridgehead atoms. The van der Waals surface area contributed by atoms with Gasteiger partial charge in [0.2, 0.25) is 5.91 Å². The number of carbonyl (C=O) groups excluding carboxylic acids is 1. The third kappa shape index (κ3) is 6.19. The number of aliphatic carboxylic acids is 1. The van der Waals surface area contributed by atoms with Crippen LogP contribution in [0.25, 0.3) is 0 Å². The zero-order valence-electron chi connectivity index (χ0n) is 13.3. The fourth-order valence-corrected chi connectivity index (χ4v) is 3.40. The maximum atomic E-state index is 11.9. The second kappa shape index (κ2) is 9.03. The number of rotatable bonds is 8. The van der Waals surface area contributed by atoms with E-state index in [4.69, 9.17) is 33.0 Å². The Morgan fingerprint density at radius 3 is 2.80 bits per heavy atom. The van der Waals surface area contributed by atoms with Gasteiger partial charge in [0.05, 0.1) is 23.7 Å². The number of carboxylic acids is 1. The van der Waals surface area contributed by atoms with Gasteiger partial charge in [0.15, 0.2) is 5.13 Å². The number of hydrogen-bond donors (Lipinski definition) is 2. The van der Waals surface area contributed by atoms with Gasteiger partial charge in [0.1, 0.15) is 5.75 Å². The molecule has 0 aliphatic carbocycles. The highest BCUT2D eigenvalue weighted by molar-refractivity contribution is 7.16. The van der Waals surface area contributed by atoms with Crippen molar-refractivity contribution in [2.24, 2.45) is 0 Å². The van der Waals surface area contributed by atoms with Crippen molar-refractivity contribution in [2.75, 3.05) is 11.9 Å². The molecule has 0 radical (unpaired) electrons. The molecule has 1 heterocycles. The monoisotopic (exact) mass is 402 g/mol. The topological polar surface area (TPSA) is 88.5 Å². The average Bonchev–Trinajstić information content (AvgIpc) is 2.84. The minimum absolute atomic E-state index is 0.102. The minimum Gasteiger partial charge on any atom is -0.492 e. The van der Waals surface area contributed by atoms with Crippen LogP contribution in [0, 0.1) is 6.92 Å². The predicted octanol–water partition coefficient (Wildman–Crippen LogP) is 4.18. The smallest absolute Gasteiger partial charge is 0.308 e. The van der Waals surface area contributed by atoms with Crippen molar-refractivity contribution in [3.8, 4) is 5.75 Å². The van der Waals surface area contributed by atoms with Crippen molar-refractivity contribution in [3.63, 3.8) is 0 Å². The number of nitrogens with one attached hydrogen (secondary N) is 1. The largest absolute Gasteiger partial charge is 0.492 e. The Balaban J connectivity index is 1.76. The molecule has 0 saturated carbocycles. The van der Waals surface area contributed by atoms with Crippen molar-refractivity contribution in [1.82, 2.24) is 4.98 Å². The lowest BCUT2D eigenvalue weighted by Gasteiger charge is -2.08. The quantitative estimate of drug-likeness (QED) is 0.646. The second-order valence-corrected chi connectivity index (χ2v) is 7.10. The number of aromatic nitrogens is 1. The summed E-state index contributed by atoms with van der Waals surface area (Å²) in [6.07, 6.45) is 0.643. The third-order valence-electron chi connectivity index (χ3n) is 3.15. The van der Waals surface area contributed by atoms with Crippen molar-refractivity contribution in [3.05, 3.63) is 38.8 Å². The first-order valence-electron chi connectivity index (χ1n) is 7.41. The number of aryl methyl sites for hydroxylation is 1. The zero-order chi connectivity index (χ0) is 18.4. The molecule has 6 nitrogen and oxygen atoms in total. The Morgan fingerprint density at radius 1 is 1.36 bits per heavy atom. The SMILES string of the molecule is Cc1nc(NC(=O)CCCOc2ccc(Cl)cc2Cl)sc1CC(=O)O. The first-order chi connectivity index (χ1) is 11.8. The van der Waals surface area contributed by atoms with E-state index in [9.17, 15) is 9.59 Å². The summed E-state index contributed by atoms with van der Waals surface area (Å²) >= 11 is 13.0. The van der Waals surface area contributed by atoms with Gasteiger partial charge in [0.25, 0.3) is 0 Å². The van der Waals surface area contributed by atoms with Crippen LogP contribution in [0.5, 0.6) is 5.75 Å². The van der Waals surface area contributed by atoms with Crippen LogP contribution in [0.4, 0.5) is 5.13 Å². The fourth-order valence-electron chi connectivity index (χ4n) is 1.97. The number of halogens is 2. The first kappa shape index (κ1) is 19.5. The number of amides is 1. The molecular formula is C16H16Cl2N2O4S. The van der Waals surface area contributed by atoms with Crippen LogP contribution >= 0.6 is 34.5 Å². The summed E-state index contributed by atoms with van der Waals surface area (Å²) in [6, 6.07) is 4.94. The van der Waals surface area contributed by atoms with Gasteiger partial charge in [-0.1, -0.05) is 23.2 Å². The van der Waals surface area contributed by atoms with Crippen LogP contribution in [0.15, 0.2) is 18.2 Å². The van der Waals surface area contributed by atoms with E-state index in [-0.39, 0.29) is 18.7 Å². The Labute approximate surface area is 158 Å². The van der Waals surface area contributed by atoms with Crippen molar-refractivity contribution in [1.29, 1.82) is 0 Å². The lowest BCUT2D eigenvalue weighted by molar-refractivity contribution is -0.136. The van der Waals surface area contributed by atoms with Crippen molar-refractivity contribution in [2.45, 2.75) is 26.2 Å². The van der Waals surface area contributed by atoms with Gasteiger partial charge in [-0.15, -0.1) is 11.3 Å². The molecule has 0 fully saturated rings. The van der Waals surface area contributed by atoms with Crippen LogP contribution in [0.3, 0.4) is 0 Å². The van der Waals surface area contributed by atoms with Gasteiger partial charge < -0.3 is 15.2 Å². The summed E-state index contributed by atoms with van der Waals surface area (Å²) in [5.74, 6) is -0.621. The molecule has 0 unspecified atom stereocenters. The number of benzene rings is 1. The lowest BCUT2D eigenvalue weighted by atomic mass is 10.3. The fraction of sp³-hybridized carbons (Fsp3) is 0.312. The maximum Gasteiger partial charge on any atom is 0.308 e. The van der Waals surface area contributed by atoms with Gasteiger partial charge >= 0.3 is 5.97 Å². The molecule has 1 aromatic heterocycles. The summed E-state index contributed by atoms with van der Waals surface area (Å²) in [5.41, 5.74) is 0.614. The highest BCUT2D eigenvalue weighted by Crippen LogP contribution is 2.27. The highest BCUT2D eigenvalue weighted by Gasteiger charge is 2.13. The highest BCUT2D eigenvalue weighted by atomic mass is 35.5. The Hall–Kier alpha value is -1.83. The maximum absolute atomic E-state index is 11.9. The Kier molecular flexibility index (Phi) is 7.04. The molecule has 0 atom stereocenters. The summed E-state index contributed by atoms with van der Waals surface area (Å²) in [6.45, 7) is 2.05. The normalized spacial score (nSPS) is 10.5. The molecule has 1 amide bonds. The molecule has 2 N–H and O–H groups in total. The molecule has 2 aromatic rings. The Morgan fingerprint density at radius 2 is 2.12 bits per heavy atom. The molecule has 0 aliphatic heterocycles. The number of anilines is 1. The molecule has 25 heavy (non-hydrogen) atoms. The molecule has 2 rings (SSSR count). The van der Waals surface area contributed by atoms with Gasteiger partial charge in [-0.25, -0.2) is 4.98 Å². The van der Waals surface area contributed by atoms with Crippen molar-refractivity contribution >= 4 is 51.5 Å². The summed E-state index contributed by atoms with van der Waals surface area (Å²) in [7, 11) is 0. The minimum atomic E-state index is -0.928. The van der Waals surface area contributed by atoms with Crippen LogP contribution in [0.2, 0.25) is 10.0 Å². The average molecular weight is 403 g/mol. The molecule has 0 spiro atoms. The summed E-state index contributed by atoms with van der Waals surface area (Å²) in [4.78, 5) is 27.5. The van der Waals surface area contributed by atoms with E-state index in [1.807, 2.05) is 0 Å². The van der Waals surface area contributed by atoms with E-state index in [0.29, 0.717) is 44.5 Å². The zero-order valence-corrected chi connectivity index (χ0v) is 15.7. The summed E-state index contributed by atoms with van der Waals surface area (Å²) < 4.78 is 5.51. The number of ether oxygens (including phenoxy) is 1. The number of hydrogen-bond acceptors (Lipinski definition) is 5. The molecule has 0 aliphatic rings. The van der Waals surface area contributed by atoms with Crippen LogP contribution < -0.4 is 10.1 Å². The van der Waals surface area contributed by atoms with Gasteiger partial charge in [-0.05, 0) is 31.5 Å². The number of thiazole rings is 1. The first-order valence-corrected chi connectivity index (χ1v) is 8.98.